The van der Waals surface area contributed by atoms with Crippen LogP contribution in [0.5, 0.6) is 0 Å². The molecule has 3 atom stereocenters. The average molecular weight is 485 g/mol. The number of carboxylic acids is 3. The van der Waals surface area contributed by atoms with Crippen molar-refractivity contribution in [1.29, 1.82) is 0 Å². The summed E-state index contributed by atoms with van der Waals surface area (Å²) >= 11 is 0. The fourth-order valence-corrected chi connectivity index (χ4v) is 5.38. The van der Waals surface area contributed by atoms with Crippen LogP contribution in [0.25, 0.3) is 0 Å². The topological polar surface area (TPSA) is 112 Å². The molecular weight excluding hydrogens is 434 g/mol. The fraction of sp³-hybridized carbons (Fsp3) is 0.815. The minimum Gasteiger partial charge on any atom is -0.477 e. The van der Waals surface area contributed by atoms with Crippen molar-refractivity contribution < 1.29 is 34.2 Å². The van der Waals surface area contributed by atoms with E-state index in [1.54, 1.807) is 20.8 Å². The van der Waals surface area contributed by atoms with Crippen LogP contribution >= 0.6 is 0 Å². The van der Waals surface area contributed by atoms with E-state index in [9.17, 15) is 29.7 Å². The van der Waals surface area contributed by atoms with E-state index in [1.807, 2.05) is 0 Å². The van der Waals surface area contributed by atoms with Crippen molar-refractivity contribution in [2.24, 2.45) is 0 Å². The van der Waals surface area contributed by atoms with Gasteiger partial charge in [0.2, 0.25) is 0 Å². The highest BCUT2D eigenvalue weighted by molar-refractivity contribution is 5.78. The van der Waals surface area contributed by atoms with Gasteiger partial charge in [0.05, 0.1) is 6.54 Å². The van der Waals surface area contributed by atoms with Crippen molar-refractivity contribution in [2.45, 2.75) is 136 Å². The number of allylic oxidation sites excluding steroid dienone is 2. The van der Waals surface area contributed by atoms with E-state index in [4.69, 9.17) is 0 Å². The number of rotatable bonds is 22. The van der Waals surface area contributed by atoms with Crippen molar-refractivity contribution in [3.8, 4) is 0 Å². The molecule has 7 nitrogen and oxygen atoms in total. The standard InChI is InChI=1S/C27H49NO6/c1-5-9-10-11-12-13-14-15-16-17-18-19-20-21-28(22(6-2)25(29)30,23(7-3)26(31)32)24(8-4)27(33)34/h16-17,22-24H,5-15,18-21H2,1-4H3,(H2-,29,30,31,32,33,34)/p+1/b17-16+. The molecule has 0 radical (unpaired) electrons. The van der Waals surface area contributed by atoms with Gasteiger partial charge in [0.15, 0.2) is 18.1 Å². The molecule has 7 heteroatoms. The predicted octanol–water partition coefficient (Wildman–Crippen LogP) is 6.26. The van der Waals surface area contributed by atoms with Crippen molar-refractivity contribution in [2.75, 3.05) is 6.54 Å². The van der Waals surface area contributed by atoms with Gasteiger partial charge >= 0.3 is 17.9 Å². The minimum atomic E-state index is -1.13. The summed E-state index contributed by atoms with van der Waals surface area (Å²) in [5.41, 5.74) is 0. The Labute approximate surface area is 206 Å². The number of unbranched alkanes of at least 4 members (excludes halogenated alkanes) is 9. The van der Waals surface area contributed by atoms with E-state index >= 15 is 0 Å². The molecule has 0 aliphatic carbocycles. The first kappa shape index (κ1) is 32.1. The molecule has 0 amide bonds. The Bertz CT molecular complexity index is 563. The normalized spacial score (nSPS) is 16.1. The Morgan fingerprint density at radius 2 is 0.941 bits per heavy atom. The zero-order valence-electron chi connectivity index (χ0n) is 22.0. The molecule has 0 saturated carbocycles. The third-order valence-corrected chi connectivity index (χ3v) is 7.06. The van der Waals surface area contributed by atoms with Gasteiger partial charge in [-0.25, -0.2) is 14.4 Å². The molecule has 0 aliphatic heterocycles. The molecule has 0 spiro atoms. The van der Waals surface area contributed by atoms with Gasteiger partial charge in [-0.1, -0.05) is 78.4 Å². The summed E-state index contributed by atoms with van der Waals surface area (Å²) in [6.45, 7) is 7.54. The van der Waals surface area contributed by atoms with Crippen LogP contribution in [-0.2, 0) is 14.4 Å². The van der Waals surface area contributed by atoms with Gasteiger partial charge in [-0.2, -0.15) is 0 Å². The maximum absolute atomic E-state index is 12.2. The Hall–Kier alpha value is -1.89. The molecule has 3 unspecified atom stereocenters. The summed E-state index contributed by atoms with van der Waals surface area (Å²) in [5.74, 6) is -3.38. The summed E-state index contributed by atoms with van der Waals surface area (Å²) in [6, 6.07) is -3.22. The van der Waals surface area contributed by atoms with E-state index in [-0.39, 0.29) is 25.8 Å². The molecule has 0 aliphatic rings. The first-order valence-corrected chi connectivity index (χ1v) is 13.4. The van der Waals surface area contributed by atoms with E-state index in [1.165, 1.54) is 44.9 Å². The lowest BCUT2D eigenvalue weighted by atomic mass is 9.94. The van der Waals surface area contributed by atoms with Gasteiger partial charge in [0, 0.05) is 19.3 Å². The minimum absolute atomic E-state index is 0.182. The van der Waals surface area contributed by atoms with E-state index in [0.717, 1.165) is 19.3 Å². The van der Waals surface area contributed by atoms with E-state index in [0.29, 0.717) is 6.42 Å². The first-order valence-electron chi connectivity index (χ1n) is 13.4. The fourth-order valence-electron chi connectivity index (χ4n) is 5.38. The van der Waals surface area contributed by atoms with Crippen LogP contribution in [0.3, 0.4) is 0 Å². The zero-order valence-corrected chi connectivity index (χ0v) is 22.0. The van der Waals surface area contributed by atoms with Gasteiger partial charge < -0.3 is 15.3 Å². The molecule has 0 rings (SSSR count). The number of hydrogen-bond donors (Lipinski definition) is 3. The third-order valence-electron chi connectivity index (χ3n) is 7.06. The van der Waals surface area contributed by atoms with Crippen molar-refractivity contribution >= 4 is 17.9 Å². The largest absolute Gasteiger partial charge is 0.477 e. The molecule has 0 aromatic rings. The first-order chi connectivity index (χ1) is 16.2. The zero-order chi connectivity index (χ0) is 26.0. The summed E-state index contributed by atoms with van der Waals surface area (Å²) < 4.78 is -0.425. The third kappa shape index (κ3) is 10.2. The Morgan fingerprint density at radius 3 is 1.29 bits per heavy atom. The second-order valence-electron chi connectivity index (χ2n) is 9.38. The molecule has 0 bridgehead atoms. The van der Waals surface area contributed by atoms with Crippen molar-refractivity contribution in [1.82, 2.24) is 0 Å². The molecule has 3 N–H and O–H groups in total. The number of quaternary nitrogens is 1. The van der Waals surface area contributed by atoms with Gasteiger partial charge in [0.1, 0.15) is 0 Å². The SMILES string of the molecule is CCCCCCCCC/C=C/CCCC[N+](C(CC)C(=O)O)(C(CC)C(=O)O)C(CC)C(=O)O. The smallest absolute Gasteiger partial charge is 0.362 e. The van der Waals surface area contributed by atoms with Crippen LogP contribution in [0.4, 0.5) is 0 Å². The molecule has 0 fully saturated rings. The lowest BCUT2D eigenvalue weighted by molar-refractivity contribution is -0.973. The van der Waals surface area contributed by atoms with Gasteiger partial charge in [-0.15, -0.1) is 0 Å². The van der Waals surface area contributed by atoms with Gasteiger partial charge in [-0.3, -0.25) is 4.48 Å². The maximum Gasteiger partial charge on any atom is 0.362 e. The van der Waals surface area contributed by atoms with Crippen LogP contribution in [0.1, 0.15) is 118 Å². The molecule has 0 heterocycles. The second kappa shape index (κ2) is 18.4. The highest BCUT2D eigenvalue weighted by atomic mass is 16.4. The quantitative estimate of drug-likeness (QED) is 0.0950. The number of nitrogens with zero attached hydrogens (tertiary/aromatic N) is 1. The Kier molecular flexibility index (Phi) is 17.4. The molecule has 0 saturated heterocycles. The number of carboxylic acid groups (broad SMARTS) is 3. The van der Waals surface area contributed by atoms with Crippen molar-refractivity contribution in [3.05, 3.63) is 12.2 Å². The lowest BCUT2D eigenvalue weighted by Gasteiger charge is -2.49. The van der Waals surface area contributed by atoms with E-state index in [2.05, 4.69) is 19.1 Å². The average Bonchev–Trinajstić information content (AvgIpc) is 2.77. The number of aliphatic carboxylic acids is 3. The van der Waals surface area contributed by atoms with E-state index < -0.39 is 40.5 Å². The molecular formula is C27H50NO6+. The monoisotopic (exact) mass is 484 g/mol. The molecule has 198 valence electrons. The Morgan fingerprint density at radius 1 is 0.588 bits per heavy atom. The van der Waals surface area contributed by atoms with Crippen LogP contribution < -0.4 is 0 Å². The van der Waals surface area contributed by atoms with Crippen LogP contribution in [0.15, 0.2) is 12.2 Å². The van der Waals surface area contributed by atoms with Gasteiger partial charge in [0.25, 0.3) is 0 Å². The Balaban J connectivity index is 5.16. The second-order valence-corrected chi connectivity index (χ2v) is 9.38. The van der Waals surface area contributed by atoms with Crippen LogP contribution in [0, 0.1) is 0 Å². The maximum atomic E-state index is 12.2. The summed E-state index contributed by atoms with van der Waals surface area (Å²) in [4.78, 5) is 36.6. The summed E-state index contributed by atoms with van der Waals surface area (Å²) in [7, 11) is 0. The highest BCUT2D eigenvalue weighted by Gasteiger charge is 2.55. The highest BCUT2D eigenvalue weighted by Crippen LogP contribution is 2.32. The number of carbonyl (C=O) groups is 3. The van der Waals surface area contributed by atoms with Crippen LogP contribution in [-0.4, -0.2) is 62.4 Å². The van der Waals surface area contributed by atoms with Crippen LogP contribution in [0.2, 0.25) is 0 Å². The summed E-state index contributed by atoms with van der Waals surface area (Å²) in [6.07, 6.45) is 17.1. The summed E-state index contributed by atoms with van der Waals surface area (Å²) in [5, 5.41) is 29.9. The molecule has 0 aromatic heterocycles. The molecule has 34 heavy (non-hydrogen) atoms. The predicted molar refractivity (Wildman–Crippen MR) is 136 cm³/mol. The number of hydrogen-bond acceptors (Lipinski definition) is 3. The van der Waals surface area contributed by atoms with Gasteiger partial charge in [-0.05, 0) is 32.1 Å². The van der Waals surface area contributed by atoms with Crippen molar-refractivity contribution in [3.63, 3.8) is 0 Å². The molecule has 0 aromatic carbocycles. The lowest BCUT2D eigenvalue weighted by Crippen LogP contribution is -2.72.